The summed E-state index contributed by atoms with van der Waals surface area (Å²) in [5.41, 5.74) is 2.97. The molecule has 0 bridgehead atoms. The number of anilines is 1. The second-order valence-electron chi connectivity index (χ2n) is 6.40. The molecule has 6 heteroatoms. The fourth-order valence-corrected chi connectivity index (χ4v) is 2.35. The molecule has 0 radical (unpaired) electrons. The lowest BCUT2D eigenvalue weighted by Crippen LogP contribution is -2.27. The third-order valence-corrected chi connectivity index (χ3v) is 3.33. The number of aromatic nitrogens is 1. The summed E-state index contributed by atoms with van der Waals surface area (Å²) in [6.45, 7) is 6.76. The maximum atomic E-state index is 11.8. The Balaban J connectivity index is 1.79. The number of hydrogen-bond acceptors (Lipinski definition) is 5. The van der Waals surface area contributed by atoms with Gasteiger partial charge in [0.15, 0.2) is 5.58 Å². The van der Waals surface area contributed by atoms with Crippen molar-refractivity contribution in [2.45, 2.75) is 32.8 Å². The Kier molecular flexibility index (Phi) is 4.09. The average molecular weight is 316 g/mol. The number of nitrogens with one attached hydrogen (secondary N) is 1. The normalized spacial score (nSPS) is 15.3. The Hall–Kier alpha value is -2.34. The van der Waals surface area contributed by atoms with Gasteiger partial charge in [0.1, 0.15) is 11.1 Å². The number of hydrogen-bond donors (Lipinski definition) is 1. The van der Waals surface area contributed by atoms with Gasteiger partial charge in [0, 0.05) is 12.3 Å². The predicted molar refractivity (Wildman–Crippen MR) is 87.3 cm³/mol. The Labute approximate surface area is 134 Å². The summed E-state index contributed by atoms with van der Waals surface area (Å²) >= 11 is 0. The van der Waals surface area contributed by atoms with Crippen molar-refractivity contribution in [1.29, 1.82) is 0 Å². The molecule has 1 amide bonds. The van der Waals surface area contributed by atoms with Crippen LogP contribution in [0.2, 0.25) is 0 Å². The van der Waals surface area contributed by atoms with Crippen molar-refractivity contribution in [3.05, 3.63) is 30.0 Å². The molecule has 1 N–H and O–H groups in total. The third-order valence-electron chi connectivity index (χ3n) is 3.33. The maximum absolute atomic E-state index is 11.8. The first-order valence-corrected chi connectivity index (χ1v) is 7.57. The fourth-order valence-electron chi connectivity index (χ4n) is 2.35. The molecule has 122 valence electrons. The van der Waals surface area contributed by atoms with Crippen LogP contribution in [0.3, 0.4) is 0 Å². The van der Waals surface area contributed by atoms with Gasteiger partial charge in [-0.1, -0.05) is 6.08 Å². The molecular weight excluding hydrogens is 296 g/mol. The van der Waals surface area contributed by atoms with Gasteiger partial charge in [0.25, 0.3) is 0 Å². The van der Waals surface area contributed by atoms with E-state index in [-0.39, 0.29) is 0 Å². The number of fused-ring (bicyclic) bond motifs is 1. The second-order valence-corrected chi connectivity index (χ2v) is 6.40. The summed E-state index contributed by atoms with van der Waals surface area (Å²) in [7, 11) is 0. The van der Waals surface area contributed by atoms with E-state index >= 15 is 0 Å². The third kappa shape index (κ3) is 3.90. The van der Waals surface area contributed by atoms with Gasteiger partial charge in [0.2, 0.25) is 5.88 Å². The monoisotopic (exact) mass is 316 g/mol. The van der Waals surface area contributed by atoms with Gasteiger partial charge in [-0.3, -0.25) is 10.3 Å². The van der Waals surface area contributed by atoms with Crippen molar-refractivity contribution >= 4 is 28.7 Å². The molecule has 0 atom stereocenters. The van der Waals surface area contributed by atoms with Gasteiger partial charge >= 0.3 is 6.09 Å². The largest absolute Gasteiger partial charge is 0.444 e. The molecule has 2 aromatic heterocycles. The number of furan rings is 1. The van der Waals surface area contributed by atoms with Crippen LogP contribution in [-0.2, 0) is 9.47 Å². The van der Waals surface area contributed by atoms with Crippen LogP contribution in [0.4, 0.5) is 10.7 Å². The molecule has 0 saturated heterocycles. The number of nitrogens with zero attached hydrogens (tertiary/aromatic N) is 1. The average Bonchev–Trinajstić information content (AvgIpc) is 2.87. The number of carbonyl (C=O) groups is 1. The smallest absolute Gasteiger partial charge is 0.414 e. The van der Waals surface area contributed by atoms with Crippen LogP contribution in [-0.4, -0.2) is 29.9 Å². The van der Waals surface area contributed by atoms with Crippen molar-refractivity contribution < 1.29 is 18.7 Å². The van der Waals surface area contributed by atoms with Crippen LogP contribution in [0.5, 0.6) is 0 Å². The van der Waals surface area contributed by atoms with E-state index < -0.39 is 11.7 Å². The van der Waals surface area contributed by atoms with Crippen LogP contribution in [0.25, 0.3) is 16.7 Å². The molecule has 1 aliphatic rings. The molecule has 0 unspecified atom stereocenters. The molecule has 0 saturated carbocycles. The van der Waals surface area contributed by atoms with Gasteiger partial charge in [0.05, 0.1) is 13.2 Å². The summed E-state index contributed by atoms with van der Waals surface area (Å²) in [4.78, 5) is 16.2. The standard InChI is InChI=1S/C17H20N2O4/c1-17(2,3)23-16(20)19-15-9-13-14(22-15)8-12(10-18-13)11-4-6-21-7-5-11/h4,8-10H,5-7H2,1-3H3,(H,19,20). The Morgan fingerprint density at radius 3 is 2.87 bits per heavy atom. The van der Waals surface area contributed by atoms with Crippen molar-refractivity contribution in [3.63, 3.8) is 0 Å². The van der Waals surface area contributed by atoms with Crippen LogP contribution < -0.4 is 5.32 Å². The zero-order valence-electron chi connectivity index (χ0n) is 13.5. The molecule has 3 heterocycles. The van der Waals surface area contributed by atoms with Gasteiger partial charge in [-0.05, 0) is 44.4 Å². The molecule has 0 spiro atoms. The lowest BCUT2D eigenvalue weighted by Gasteiger charge is -2.18. The zero-order valence-corrected chi connectivity index (χ0v) is 13.5. The maximum Gasteiger partial charge on any atom is 0.414 e. The summed E-state index contributed by atoms with van der Waals surface area (Å²) in [5.74, 6) is 0.319. The van der Waals surface area contributed by atoms with Crippen LogP contribution >= 0.6 is 0 Å². The first-order chi connectivity index (χ1) is 10.9. The minimum Gasteiger partial charge on any atom is -0.444 e. The van der Waals surface area contributed by atoms with Gasteiger partial charge in [-0.25, -0.2) is 4.79 Å². The summed E-state index contributed by atoms with van der Waals surface area (Å²) in [5, 5.41) is 2.58. The highest BCUT2D eigenvalue weighted by Gasteiger charge is 2.18. The van der Waals surface area contributed by atoms with Gasteiger partial charge < -0.3 is 13.9 Å². The number of ether oxygens (including phenoxy) is 2. The van der Waals surface area contributed by atoms with E-state index in [9.17, 15) is 4.79 Å². The Morgan fingerprint density at radius 2 is 2.17 bits per heavy atom. The van der Waals surface area contributed by atoms with Crippen molar-refractivity contribution in [1.82, 2.24) is 4.98 Å². The number of amides is 1. The van der Waals surface area contributed by atoms with Crippen molar-refractivity contribution in [2.75, 3.05) is 18.5 Å². The molecule has 2 aromatic rings. The van der Waals surface area contributed by atoms with Gasteiger partial charge in [-0.15, -0.1) is 0 Å². The van der Waals surface area contributed by atoms with E-state index in [1.54, 1.807) is 26.8 Å². The van der Waals surface area contributed by atoms with Crippen molar-refractivity contribution in [2.24, 2.45) is 0 Å². The minimum atomic E-state index is -0.558. The Morgan fingerprint density at radius 1 is 1.35 bits per heavy atom. The van der Waals surface area contributed by atoms with Gasteiger partial charge in [-0.2, -0.15) is 0 Å². The SMILES string of the molecule is CC(C)(C)OC(=O)Nc1cc2ncc(C3=CCOCC3)cc2o1. The molecule has 3 rings (SSSR count). The van der Waals surface area contributed by atoms with Crippen LogP contribution in [0, 0.1) is 0 Å². The molecule has 6 nitrogen and oxygen atoms in total. The molecule has 0 fully saturated rings. The molecule has 23 heavy (non-hydrogen) atoms. The molecule has 0 aromatic carbocycles. The van der Waals surface area contributed by atoms with E-state index in [1.807, 2.05) is 12.3 Å². The molecule has 0 aliphatic carbocycles. The van der Waals surface area contributed by atoms with E-state index in [2.05, 4.69) is 16.4 Å². The lowest BCUT2D eigenvalue weighted by atomic mass is 10.0. The first kappa shape index (κ1) is 15.6. The van der Waals surface area contributed by atoms with E-state index in [4.69, 9.17) is 13.9 Å². The topological polar surface area (TPSA) is 73.6 Å². The van der Waals surface area contributed by atoms with Crippen LogP contribution in [0.15, 0.2) is 28.8 Å². The first-order valence-electron chi connectivity index (χ1n) is 7.57. The zero-order chi connectivity index (χ0) is 16.4. The molecule has 1 aliphatic heterocycles. The minimum absolute atomic E-state index is 0.319. The highest BCUT2D eigenvalue weighted by Crippen LogP contribution is 2.27. The predicted octanol–water partition coefficient (Wildman–Crippen LogP) is 3.98. The number of rotatable bonds is 2. The van der Waals surface area contributed by atoms with E-state index in [0.717, 1.165) is 12.0 Å². The Bertz CT molecular complexity index is 756. The second kappa shape index (κ2) is 6.04. The van der Waals surface area contributed by atoms with Crippen LogP contribution in [0.1, 0.15) is 32.8 Å². The summed E-state index contributed by atoms with van der Waals surface area (Å²) in [6, 6.07) is 3.61. The highest BCUT2D eigenvalue weighted by atomic mass is 16.6. The number of pyridine rings is 1. The van der Waals surface area contributed by atoms with Crippen molar-refractivity contribution in [3.8, 4) is 0 Å². The lowest BCUT2D eigenvalue weighted by molar-refractivity contribution is 0.0633. The quantitative estimate of drug-likeness (QED) is 0.907. The summed E-state index contributed by atoms with van der Waals surface area (Å²) < 4.78 is 16.2. The highest BCUT2D eigenvalue weighted by molar-refractivity contribution is 5.88. The number of carbonyl (C=O) groups excluding carboxylic acids is 1. The van der Waals surface area contributed by atoms with E-state index in [1.165, 1.54) is 5.57 Å². The summed E-state index contributed by atoms with van der Waals surface area (Å²) in [6.07, 6.45) is 4.17. The van der Waals surface area contributed by atoms with E-state index in [0.29, 0.717) is 30.2 Å². The molecular formula is C17H20N2O4. The fraction of sp³-hybridized carbons (Fsp3) is 0.412.